The van der Waals surface area contributed by atoms with Gasteiger partial charge in [-0.05, 0) is 56.5 Å². The molecule has 49 heavy (non-hydrogen) atoms. The van der Waals surface area contributed by atoms with E-state index in [4.69, 9.17) is 14.4 Å². The van der Waals surface area contributed by atoms with E-state index in [1.165, 1.54) is 4.90 Å². The van der Waals surface area contributed by atoms with E-state index in [0.29, 0.717) is 19.4 Å². The van der Waals surface area contributed by atoms with Gasteiger partial charge in [0, 0.05) is 13.5 Å². The second kappa shape index (κ2) is 20.4. The van der Waals surface area contributed by atoms with Crippen LogP contribution in [0.3, 0.4) is 0 Å². The maximum Gasteiger partial charge on any atom is 0.410 e. The Labute approximate surface area is 289 Å². The van der Waals surface area contributed by atoms with Crippen LogP contribution in [0, 0.1) is 0 Å². The first-order valence-electron chi connectivity index (χ1n) is 16.2. The van der Waals surface area contributed by atoms with Gasteiger partial charge in [0.2, 0.25) is 0 Å². The SMILES string of the molecule is CN(C(=O)OC(C)(C)C)[C@@H](Cc1ccccc1)C(=O)NOCc1ccccc1.CN[C@@H](Cc1ccccc1)C(=O)NOCc1ccccc1. The smallest absolute Gasteiger partial charge is 0.410 e. The van der Waals surface area contributed by atoms with Gasteiger partial charge >= 0.3 is 6.09 Å². The molecule has 4 aromatic carbocycles. The van der Waals surface area contributed by atoms with Crippen molar-refractivity contribution in [3.05, 3.63) is 144 Å². The summed E-state index contributed by atoms with van der Waals surface area (Å²) in [5.74, 6) is -0.578. The topological polar surface area (TPSA) is 118 Å². The zero-order valence-corrected chi connectivity index (χ0v) is 28.9. The van der Waals surface area contributed by atoms with Crippen molar-refractivity contribution in [3.63, 3.8) is 0 Å². The third-order valence-electron chi connectivity index (χ3n) is 7.18. The van der Waals surface area contributed by atoms with Crippen LogP contribution in [0.5, 0.6) is 0 Å². The molecule has 2 atom stereocenters. The van der Waals surface area contributed by atoms with E-state index < -0.39 is 23.6 Å². The summed E-state index contributed by atoms with van der Waals surface area (Å²) in [7, 11) is 3.32. The van der Waals surface area contributed by atoms with Gasteiger partial charge in [-0.2, -0.15) is 0 Å². The summed E-state index contributed by atoms with van der Waals surface area (Å²) in [6.45, 7) is 5.95. The maximum atomic E-state index is 12.8. The van der Waals surface area contributed by atoms with Crippen LogP contribution < -0.4 is 16.3 Å². The number of amides is 3. The van der Waals surface area contributed by atoms with E-state index in [1.807, 2.05) is 121 Å². The van der Waals surface area contributed by atoms with E-state index >= 15 is 0 Å². The molecule has 0 radical (unpaired) electrons. The zero-order valence-electron chi connectivity index (χ0n) is 28.9. The molecule has 0 heterocycles. The van der Waals surface area contributed by atoms with Crippen molar-refractivity contribution < 1.29 is 28.8 Å². The van der Waals surface area contributed by atoms with Crippen LogP contribution in [0.2, 0.25) is 0 Å². The number of nitrogens with one attached hydrogen (secondary N) is 3. The Balaban J connectivity index is 0.000000276. The first kappa shape index (κ1) is 38.4. The van der Waals surface area contributed by atoms with E-state index in [1.54, 1.807) is 34.9 Å². The normalized spacial score (nSPS) is 12.0. The summed E-state index contributed by atoms with van der Waals surface area (Å²) in [6.07, 6.45) is 0.404. The number of hydroxylamine groups is 2. The van der Waals surface area contributed by atoms with Gasteiger partial charge < -0.3 is 10.1 Å². The number of nitrogens with zero attached hydrogens (tertiary/aromatic N) is 1. The number of hydrogen-bond acceptors (Lipinski definition) is 7. The molecule has 3 N–H and O–H groups in total. The average Bonchev–Trinajstić information content (AvgIpc) is 3.10. The summed E-state index contributed by atoms with van der Waals surface area (Å²) < 4.78 is 5.41. The largest absolute Gasteiger partial charge is 0.444 e. The molecular weight excluding hydrogens is 620 g/mol. The number of carbonyl (C=O) groups excluding carboxylic acids is 3. The number of rotatable bonds is 14. The van der Waals surface area contributed by atoms with Gasteiger partial charge in [0.1, 0.15) is 11.6 Å². The molecule has 4 aromatic rings. The lowest BCUT2D eigenvalue weighted by Crippen LogP contribution is -2.50. The lowest BCUT2D eigenvalue weighted by Gasteiger charge is -2.30. The summed E-state index contributed by atoms with van der Waals surface area (Å²) in [6, 6.07) is 37.5. The molecule has 0 unspecified atom stereocenters. The van der Waals surface area contributed by atoms with Crippen molar-refractivity contribution in [3.8, 4) is 0 Å². The number of benzene rings is 4. The molecule has 3 amide bonds. The fraction of sp³-hybridized carbons (Fsp3) is 0.308. The van der Waals surface area contributed by atoms with Crippen molar-refractivity contribution in [1.29, 1.82) is 0 Å². The van der Waals surface area contributed by atoms with Crippen molar-refractivity contribution >= 4 is 17.9 Å². The Morgan fingerprint density at radius 2 is 1.00 bits per heavy atom. The Hall–Kier alpha value is -5.03. The Morgan fingerprint density at radius 3 is 1.41 bits per heavy atom. The standard InChI is InChI=1S/C22H28N2O4.C17H20N2O2/c1-22(2,3)28-21(26)24(4)19(15-17-11-7-5-8-12-17)20(25)23-27-16-18-13-9-6-10-14-18;1-18-16(12-14-8-4-2-5-9-14)17(20)19-21-13-15-10-6-3-7-11-15/h5-14,19H,15-16H2,1-4H3,(H,23,25);2-11,16,18H,12-13H2,1H3,(H,19,20)/t19-;16-/m00/s1. The van der Waals surface area contributed by atoms with Crippen LogP contribution in [0.15, 0.2) is 121 Å². The Bertz CT molecular complexity index is 1530. The highest BCUT2D eigenvalue weighted by Crippen LogP contribution is 2.14. The van der Waals surface area contributed by atoms with Crippen molar-refractivity contribution in [2.75, 3.05) is 14.1 Å². The molecule has 0 saturated heterocycles. The van der Waals surface area contributed by atoms with Crippen LogP contribution in [0.4, 0.5) is 4.79 Å². The Kier molecular flexibility index (Phi) is 16.0. The molecule has 4 rings (SSSR count). The van der Waals surface area contributed by atoms with Gasteiger partial charge in [0.05, 0.1) is 19.3 Å². The van der Waals surface area contributed by atoms with Gasteiger partial charge in [0.25, 0.3) is 11.8 Å². The van der Waals surface area contributed by atoms with E-state index in [0.717, 1.165) is 22.3 Å². The van der Waals surface area contributed by atoms with Crippen molar-refractivity contribution in [2.45, 2.75) is 64.5 Å². The molecule has 0 fully saturated rings. The third-order valence-corrected chi connectivity index (χ3v) is 7.18. The fourth-order valence-corrected chi connectivity index (χ4v) is 4.55. The summed E-state index contributed by atoms with van der Waals surface area (Å²) >= 11 is 0. The number of likely N-dealkylation sites (N-methyl/N-ethyl adjacent to an activating group) is 2. The summed E-state index contributed by atoms with van der Waals surface area (Å²) in [5, 5.41) is 3.01. The second-order valence-electron chi connectivity index (χ2n) is 12.3. The highest BCUT2D eigenvalue weighted by molar-refractivity contribution is 5.85. The van der Waals surface area contributed by atoms with Crippen LogP contribution >= 0.6 is 0 Å². The quantitative estimate of drug-likeness (QED) is 0.146. The molecule has 260 valence electrons. The van der Waals surface area contributed by atoms with E-state index in [2.05, 4.69) is 16.3 Å². The zero-order chi connectivity index (χ0) is 35.5. The van der Waals surface area contributed by atoms with Gasteiger partial charge in [-0.3, -0.25) is 24.2 Å². The first-order chi connectivity index (χ1) is 23.6. The average molecular weight is 669 g/mol. The van der Waals surface area contributed by atoms with Gasteiger partial charge in [-0.25, -0.2) is 15.8 Å². The van der Waals surface area contributed by atoms with Crippen molar-refractivity contribution in [2.24, 2.45) is 0 Å². The lowest BCUT2D eigenvalue weighted by atomic mass is 10.0. The van der Waals surface area contributed by atoms with Gasteiger partial charge in [0.15, 0.2) is 0 Å². The number of carbonyl (C=O) groups is 3. The van der Waals surface area contributed by atoms with Gasteiger partial charge in [-0.15, -0.1) is 0 Å². The van der Waals surface area contributed by atoms with Gasteiger partial charge in [-0.1, -0.05) is 121 Å². The second-order valence-corrected chi connectivity index (χ2v) is 12.3. The molecule has 10 heteroatoms. The summed E-state index contributed by atoms with van der Waals surface area (Å²) in [4.78, 5) is 49.2. The van der Waals surface area contributed by atoms with E-state index in [9.17, 15) is 14.4 Å². The minimum Gasteiger partial charge on any atom is -0.444 e. The van der Waals surface area contributed by atoms with E-state index in [-0.39, 0.29) is 18.6 Å². The van der Waals surface area contributed by atoms with Crippen LogP contribution in [0.25, 0.3) is 0 Å². The minimum absolute atomic E-state index is 0.169. The molecule has 0 aliphatic heterocycles. The molecule has 0 aliphatic rings. The van der Waals surface area contributed by atoms with Crippen molar-refractivity contribution in [1.82, 2.24) is 21.2 Å². The molecule has 0 bridgehead atoms. The molecule has 0 spiro atoms. The molecule has 0 saturated carbocycles. The first-order valence-corrected chi connectivity index (χ1v) is 16.2. The highest BCUT2D eigenvalue weighted by Gasteiger charge is 2.30. The number of hydrogen-bond donors (Lipinski definition) is 3. The lowest BCUT2D eigenvalue weighted by molar-refractivity contribution is -0.139. The molecule has 0 aromatic heterocycles. The fourth-order valence-electron chi connectivity index (χ4n) is 4.55. The molecule has 10 nitrogen and oxygen atoms in total. The van der Waals surface area contributed by atoms with Crippen LogP contribution in [-0.2, 0) is 50.1 Å². The van der Waals surface area contributed by atoms with Crippen LogP contribution in [-0.4, -0.2) is 54.6 Å². The number of ether oxygens (including phenoxy) is 1. The maximum absolute atomic E-state index is 12.8. The monoisotopic (exact) mass is 668 g/mol. The highest BCUT2D eigenvalue weighted by atomic mass is 16.7. The Morgan fingerprint density at radius 1 is 0.612 bits per heavy atom. The summed E-state index contributed by atoms with van der Waals surface area (Å²) in [5.41, 5.74) is 8.30. The molecule has 0 aliphatic carbocycles. The van der Waals surface area contributed by atoms with Crippen LogP contribution in [0.1, 0.15) is 43.0 Å². The third kappa shape index (κ3) is 14.7. The minimum atomic E-state index is -0.770. The predicted octanol–water partition coefficient (Wildman–Crippen LogP) is 5.78. The molecular formula is C39H48N4O6. The predicted molar refractivity (Wildman–Crippen MR) is 190 cm³/mol.